The minimum Gasteiger partial charge on any atom is -0.248 e. The molecule has 0 fully saturated rings. The molecule has 50 heavy (non-hydrogen) atoms. The maximum Gasteiger partial charge on any atom is 0.161 e. The summed E-state index contributed by atoms with van der Waals surface area (Å²) in [6.07, 6.45) is 0. The Bertz CT molecular complexity index is 2600. The Morgan fingerprint density at radius 2 is 0.760 bits per heavy atom. The Hall–Kier alpha value is -6.71. The van der Waals surface area contributed by atoms with Gasteiger partial charge in [0, 0.05) is 27.6 Å². The van der Waals surface area contributed by atoms with E-state index < -0.39 is 0 Å². The molecule has 2 aromatic heterocycles. The van der Waals surface area contributed by atoms with Crippen LogP contribution in [0.4, 0.5) is 0 Å². The summed E-state index contributed by atoms with van der Waals surface area (Å²) < 4.78 is 0. The smallest absolute Gasteiger partial charge is 0.161 e. The van der Waals surface area contributed by atoms with Crippen molar-refractivity contribution in [2.45, 2.75) is 0 Å². The lowest BCUT2D eigenvalue weighted by Crippen LogP contribution is -1.97. The Morgan fingerprint density at radius 1 is 0.280 bits per heavy atom. The number of hydrogen-bond acceptors (Lipinski definition) is 3. The molecule has 0 spiro atoms. The molecule has 234 valence electrons. The van der Waals surface area contributed by atoms with Gasteiger partial charge in [0.05, 0.1) is 22.6 Å². The fraction of sp³-hybridized carbons (Fsp3) is 0. The van der Waals surface area contributed by atoms with E-state index in [4.69, 9.17) is 15.0 Å². The van der Waals surface area contributed by atoms with Crippen LogP contribution in [0.1, 0.15) is 0 Å². The van der Waals surface area contributed by atoms with E-state index in [0.29, 0.717) is 5.82 Å². The summed E-state index contributed by atoms with van der Waals surface area (Å²) in [6.45, 7) is 0. The predicted octanol–water partition coefficient (Wildman–Crippen LogP) is 12.2. The molecule has 0 saturated heterocycles. The largest absolute Gasteiger partial charge is 0.248 e. The van der Waals surface area contributed by atoms with Gasteiger partial charge in [-0.25, -0.2) is 15.0 Å². The second-order valence-corrected chi connectivity index (χ2v) is 12.4. The van der Waals surface area contributed by atoms with Crippen LogP contribution in [-0.2, 0) is 0 Å². The Balaban J connectivity index is 1.25. The molecule has 0 atom stereocenters. The molecule has 0 aliphatic heterocycles. The van der Waals surface area contributed by atoms with Gasteiger partial charge in [-0.05, 0) is 51.2 Å². The fourth-order valence-electron chi connectivity index (χ4n) is 6.83. The lowest BCUT2D eigenvalue weighted by atomic mass is 9.93. The van der Waals surface area contributed by atoms with Gasteiger partial charge in [0.2, 0.25) is 0 Å². The lowest BCUT2D eigenvalue weighted by molar-refractivity contribution is 1.19. The third kappa shape index (κ3) is 5.51. The molecule has 0 radical (unpaired) electrons. The summed E-state index contributed by atoms with van der Waals surface area (Å²) >= 11 is 0. The van der Waals surface area contributed by atoms with Crippen molar-refractivity contribution in [1.82, 2.24) is 15.0 Å². The highest BCUT2D eigenvalue weighted by Gasteiger charge is 2.17. The van der Waals surface area contributed by atoms with E-state index >= 15 is 0 Å². The molecule has 2 heterocycles. The minimum absolute atomic E-state index is 0.688. The van der Waals surface area contributed by atoms with E-state index in [1.165, 1.54) is 11.1 Å². The standard InChI is InChI=1S/C47H31N3/c1-5-14-32(15-6-1)33-24-26-37(27-25-33)45-31-44(36-20-11-4-12-21-36)49-47(50-45)40-23-13-22-39-38(40)28-29-42-46(39)41(34-16-7-2-8-17-34)30-43(48-42)35-18-9-3-10-19-35/h1-31H. The topological polar surface area (TPSA) is 38.7 Å². The van der Waals surface area contributed by atoms with Gasteiger partial charge in [-0.1, -0.05) is 170 Å². The lowest BCUT2D eigenvalue weighted by Gasteiger charge is -2.15. The molecule has 0 unspecified atom stereocenters. The summed E-state index contributed by atoms with van der Waals surface area (Å²) in [6, 6.07) is 65.5. The molecule has 0 bridgehead atoms. The minimum atomic E-state index is 0.688. The van der Waals surface area contributed by atoms with Crippen molar-refractivity contribution in [3.05, 3.63) is 188 Å². The zero-order valence-electron chi connectivity index (χ0n) is 27.2. The molecule has 9 rings (SSSR count). The summed E-state index contributed by atoms with van der Waals surface area (Å²) in [5, 5.41) is 3.32. The Morgan fingerprint density at radius 3 is 1.36 bits per heavy atom. The van der Waals surface area contributed by atoms with Gasteiger partial charge >= 0.3 is 0 Å². The summed E-state index contributed by atoms with van der Waals surface area (Å²) in [5.41, 5.74) is 12.5. The van der Waals surface area contributed by atoms with Crippen LogP contribution in [0, 0.1) is 0 Å². The molecule has 0 aliphatic rings. The Labute approximate surface area is 291 Å². The first-order valence-corrected chi connectivity index (χ1v) is 16.9. The second-order valence-electron chi connectivity index (χ2n) is 12.4. The van der Waals surface area contributed by atoms with Gasteiger partial charge < -0.3 is 0 Å². The van der Waals surface area contributed by atoms with Gasteiger partial charge in [0.25, 0.3) is 0 Å². The van der Waals surface area contributed by atoms with Crippen molar-refractivity contribution in [1.29, 1.82) is 0 Å². The van der Waals surface area contributed by atoms with E-state index in [0.717, 1.165) is 72.1 Å². The average Bonchev–Trinajstić information content (AvgIpc) is 3.21. The molecule has 0 N–H and O–H groups in total. The number of hydrogen-bond donors (Lipinski definition) is 0. The summed E-state index contributed by atoms with van der Waals surface area (Å²) in [4.78, 5) is 15.6. The molecule has 0 amide bonds. The number of fused-ring (bicyclic) bond motifs is 3. The molecular formula is C47H31N3. The number of benzene rings is 7. The fourth-order valence-corrected chi connectivity index (χ4v) is 6.83. The van der Waals surface area contributed by atoms with Crippen LogP contribution < -0.4 is 0 Å². The van der Waals surface area contributed by atoms with Gasteiger partial charge in [-0.15, -0.1) is 0 Å². The van der Waals surface area contributed by atoms with Gasteiger partial charge in [0.1, 0.15) is 0 Å². The number of rotatable bonds is 6. The Kier molecular flexibility index (Phi) is 7.49. The maximum atomic E-state index is 5.24. The molecule has 7 aromatic carbocycles. The van der Waals surface area contributed by atoms with E-state index in [1.807, 2.05) is 18.2 Å². The monoisotopic (exact) mass is 637 g/mol. The highest BCUT2D eigenvalue weighted by molar-refractivity contribution is 6.16. The number of aromatic nitrogens is 3. The first-order chi connectivity index (χ1) is 24.8. The van der Waals surface area contributed by atoms with E-state index in [9.17, 15) is 0 Å². The van der Waals surface area contributed by atoms with Gasteiger partial charge in [-0.3, -0.25) is 0 Å². The van der Waals surface area contributed by atoms with Crippen molar-refractivity contribution in [3.8, 4) is 67.4 Å². The van der Waals surface area contributed by atoms with Gasteiger partial charge in [-0.2, -0.15) is 0 Å². The van der Waals surface area contributed by atoms with E-state index in [-0.39, 0.29) is 0 Å². The van der Waals surface area contributed by atoms with Crippen molar-refractivity contribution in [2.75, 3.05) is 0 Å². The summed E-state index contributed by atoms with van der Waals surface area (Å²) in [7, 11) is 0. The molecule has 3 nitrogen and oxygen atoms in total. The summed E-state index contributed by atoms with van der Waals surface area (Å²) in [5.74, 6) is 0.688. The first kappa shape index (κ1) is 29.4. The molecule has 0 aliphatic carbocycles. The quantitative estimate of drug-likeness (QED) is 0.170. The van der Waals surface area contributed by atoms with Crippen LogP contribution in [0.2, 0.25) is 0 Å². The molecule has 9 aromatic rings. The SMILES string of the molecule is c1ccc(-c2ccc(-c3cc(-c4ccccc4)nc(-c4cccc5c4ccc4nc(-c6ccccc6)cc(-c6ccccc6)c45)n3)cc2)cc1. The van der Waals surface area contributed by atoms with Crippen molar-refractivity contribution in [3.63, 3.8) is 0 Å². The highest BCUT2D eigenvalue weighted by Crippen LogP contribution is 2.39. The average molecular weight is 638 g/mol. The van der Waals surface area contributed by atoms with Crippen molar-refractivity contribution < 1.29 is 0 Å². The van der Waals surface area contributed by atoms with Crippen LogP contribution in [-0.4, -0.2) is 15.0 Å². The van der Waals surface area contributed by atoms with Gasteiger partial charge in [0.15, 0.2) is 5.82 Å². The van der Waals surface area contributed by atoms with Crippen LogP contribution >= 0.6 is 0 Å². The predicted molar refractivity (Wildman–Crippen MR) is 207 cm³/mol. The molecule has 0 saturated carbocycles. The molecule has 3 heteroatoms. The second kappa shape index (κ2) is 12.7. The van der Waals surface area contributed by atoms with E-state index in [1.54, 1.807) is 0 Å². The first-order valence-electron chi connectivity index (χ1n) is 16.9. The van der Waals surface area contributed by atoms with Crippen LogP contribution in [0.5, 0.6) is 0 Å². The van der Waals surface area contributed by atoms with Crippen molar-refractivity contribution in [2.24, 2.45) is 0 Å². The number of nitrogens with zero attached hydrogens (tertiary/aromatic N) is 3. The van der Waals surface area contributed by atoms with Crippen LogP contribution in [0.25, 0.3) is 89.1 Å². The number of pyridine rings is 1. The maximum absolute atomic E-state index is 5.24. The van der Waals surface area contributed by atoms with Crippen LogP contribution in [0.15, 0.2) is 188 Å². The zero-order chi connectivity index (χ0) is 33.3. The zero-order valence-corrected chi connectivity index (χ0v) is 27.2. The third-order valence-electron chi connectivity index (χ3n) is 9.31. The van der Waals surface area contributed by atoms with Crippen LogP contribution in [0.3, 0.4) is 0 Å². The van der Waals surface area contributed by atoms with E-state index in [2.05, 4.69) is 170 Å². The molecular weight excluding hydrogens is 607 g/mol. The third-order valence-corrected chi connectivity index (χ3v) is 9.31. The van der Waals surface area contributed by atoms with Crippen molar-refractivity contribution >= 4 is 21.7 Å². The normalized spacial score (nSPS) is 11.2. The highest BCUT2D eigenvalue weighted by atomic mass is 14.9.